The zero-order chi connectivity index (χ0) is 19.6. The molecule has 0 fully saturated rings. The van der Waals surface area contributed by atoms with Crippen molar-refractivity contribution in [2.75, 3.05) is 7.11 Å². The van der Waals surface area contributed by atoms with Crippen LogP contribution in [0.25, 0.3) is 16.7 Å². The van der Waals surface area contributed by atoms with Gasteiger partial charge in [0.25, 0.3) is 0 Å². The summed E-state index contributed by atoms with van der Waals surface area (Å²) in [5, 5.41) is 0. The Labute approximate surface area is 163 Å². The highest BCUT2D eigenvalue weighted by atomic mass is 19.1. The fourth-order valence-electron chi connectivity index (χ4n) is 3.85. The Morgan fingerprint density at radius 1 is 1.04 bits per heavy atom. The molecule has 0 amide bonds. The maximum Gasteiger partial charge on any atom is 0.131 e. The Bertz CT molecular complexity index is 845. The lowest BCUT2D eigenvalue weighted by Crippen LogP contribution is -2.14. The molecule has 0 aromatic heterocycles. The van der Waals surface area contributed by atoms with E-state index in [0.717, 1.165) is 31.2 Å². The molecular weight excluding hydrogens is 335 g/mol. The van der Waals surface area contributed by atoms with Crippen LogP contribution in [0.2, 0.25) is 0 Å². The van der Waals surface area contributed by atoms with Gasteiger partial charge in [-0.25, -0.2) is 4.39 Å². The minimum absolute atomic E-state index is 0.203. The average molecular weight is 367 g/mol. The largest absolute Gasteiger partial charge is 0.497 e. The number of methoxy groups -OCH3 is 1. The first-order valence-electron chi connectivity index (χ1n) is 9.95. The molecule has 1 nitrogen and oxygen atoms in total. The molecule has 0 unspecified atom stereocenters. The van der Waals surface area contributed by atoms with Gasteiger partial charge in [0.15, 0.2) is 0 Å². The van der Waals surface area contributed by atoms with E-state index in [1.807, 2.05) is 6.07 Å². The Morgan fingerprint density at radius 3 is 2.44 bits per heavy atom. The summed E-state index contributed by atoms with van der Waals surface area (Å²) in [7, 11) is 1.62. The quantitative estimate of drug-likeness (QED) is 0.539. The zero-order valence-electron chi connectivity index (χ0n) is 17.2. The van der Waals surface area contributed by atoms with Crippen molar-refractivity contribution >= 4 is 5.57 Å². The van der Waals surface area contributed by atoms with Crippen molar-refractivity contribution in [3.63, 3.8) is 0 Å². The fraction of sp³-hybridized carbons (Fsp3) is 0.440. The number of ether oxygens (including phenoxy) is 1. The minimum atomic E-state index is -0.203. The molecule has 0 bridgehead atoms. The van der Waals surface area contributed by atoms with Crippen LogP contribution in [0.3, 0.4) is 0 Å². The van der Waals surface area contributed by atoms with Gasteiger partial charge in [-0.15, -0.1) is 0 Å². The van der Waals surface area contributed by atoms with E-state index >= 15 is 0 Å². The van der Waals surface area contributed by atoms with Crippen LogP contribution in [0, 0.1) is 17.2 Å². The number of benzene rings is 2. The van der Waals surface area contributed by atoms with Gasteiger partial charge in [0.05, 0.1) is 7.11 Å². The fourth-order valence-corrected chi connectivity index (χ4v) is 3.85. The highest BCUT2D eigenvalue weighted by Crippen LogP contribution is 2.42. The second kappa shape index (κ2) is 7.88. The Morgan fingerprint density at radius 2 is 1.81 bits per heavy atom. The predicted octanol–water partition coefficient (Wildman–Crippen LogP) is 7.29. The molecule has 0 aliphatic heterocycles. The molecule has 1 aliphatic carbocycles. The summed E-state index contributed by atoms with van der Waals surface area (Å²) < 4.78 is 20.0. The van der Waals surface area contributed by atoms with Gasteiger partial charge in [0.2, 0.25) is 0 Å². The van der Waals surface area contributed by atoms with Crippen LogP contribution in [-0.2, 0) is 6.42 Å². The highest BCUT2D eigenvalue weighted by molar-refractivity contribution is 5.83. The molecule has 0 radical (unpaired) electrons. The molecule has 0 N–H and O–H groups in total. The molecule has 0 spiro atoms. The van der Waals surface area contributed by atoms with E-state index < -0.39 is 0 Å². The molecule has 2 heteroatoms. The summed E-state index contributed by atoms with van der Waals surface area (Å²) in [5.74, 6) is 1.07. The normalized spacial score (nSPS) is 16.3. The van der Waals surface area contributed by atoms with Gasteiger partial charge >= 0.3 is 0 Å². The standard InChI is InChI=1S/C25H31FO/c1-17(2)14-18-6-8-21(23-16-20(27-5)7-9-24(23)26)22(15-18)19-10-12-25(3,4)13-11-19/h6-10,15-17H,11-14H2,1-5H3. The van der Waals surface area contributed by atoms with E-state index in [-0.39, 0.29) is 5.82 Å². The van der Waals surface area contributed by atoms with Crippen LogP contribution in [0.1, 0.15) is 58.1 Å². The average Bonchev–Trinajstić information content (AvgIpc) is 2.62. The molecule has 0 heterocycles. The molecule has 3 rings (SSSR count). The topological polar surface area (TPSA) is 9.23 Å². The van der Waals surface area contributed by atoms with Crippen LogP contribution in [-0.4, -0.2) is 7.11 Å². The smallest absolute Gasteiger partial charge is 0.131 e. The number of allylic oxidation sites excluding steroid dienone is 2. The van der Waals surface area contributed by atoms with E-state index in [2.05, 4.69) is 52.0 Å². The lowest BCUT2D eigenvalue weighted by molar-refractivity contribution is 0.335. The van der Waals surface area contributed by atoms with Crippen molar-refractivity contribution in [3.05, 3.63) is 59.4 Å². The van der Waals surface area contributed by atoms with E-state index in [9.17, 15) is 4.39 Å². The molecular formula is C25H31FO. The van der Waals surface area contributed by atoms with Crippen molar-refractivity contribution in [1.82, 2.24) is 0 Å². The van der Waals surface area contributed by atoms with Crippen LogP contribution in [0.5, 0.6) is 5.75 Å². The van der Waals surface area contributed by atoms with Gasteiger partial charge in [-0.05, 0) is 77.5 Å². The number of hydrogen-bond acceptors (Lipinski definition) is 1. The molecule has 0 atom stereocenters. The van der Waals surface area contributed by atoms with Gasteiger partial charge in [0, 0.05) is 5.56 Å². The molecule has 2 aromatic rings. The summed E-state index contributed by atoms with van der Waals surface area (Å²) in [5.41, 5.74) is 5.77. The summed E-state index contributed by atoms with van der Waals surface area (Å²) in [6.07, 6.45) is 6.66. The predicted molar refractivity (Wildman–Crippen MR) is 113 cm³/mol. The molecule has 144 valence electrons. The Kier molecular flexibility index (Phi) is 5.74. The third kappa shape index (κ3) is 4.61. The van der Waals surface area contributed by atoms with Crippen molar-refractivity contribution in [1.29, 1.82) is 0 Å². The van der Waals surface area contributed by atoms with Crippen molar-refractivity contribution in [2.24, 2.45) is 11.3 Å². The number of halogens is 1. The SMILES string of the molecule is COc1ccc(F)c(-c2ccc(CC(C)C)cc2C2=CCC(C)(C)CC2)c1. The van der Waals surface area contributed by atoms with Crippen molar-refractivity contribution < 1.29 is 9.13 Å². The number of rotatable bonds is 5. The van der Waals surface area contributed by atoms with Gasteiger partial charge in [-0.1, -0.05) is 52.0 Å². The highest BCUT2D eigenvalue weighted by Gasteiger charge is 2.24. The summed E-state index contributed by atoms with van der Waals surface area (Å²) >= 11 is 0. The zero-order valence-corrected chi connectivity index (χ0v) is 17.2. The maximum absolute atomic E-state index is 14.7. The minimum Gasteiger partial charge on any atom is -0.497 e. The molecule has 0 saturated carbocycles. The second-order valence-corrected chi connectivity index (χ2v) is 8.92. The van der Waals surface area contributed by atoms with Crippen LogP contribution < -0.4 is 4.74 Å². The van der Waals surface area contributed by atoms with Gasteiger partial charge in [0.1, 0.15) is 11.6 Å². The van der Waals surface area contributed by atoms with E-state index in [4.69, 9.17) is 4.74 Å². The first kappa shape index (κ1) is 19.7. The van der Waals surface area contributed by atoms with Gasteiger partial charge < -0.3 is 4.74 Å². The van der Waals surface area contributed by atoms with Crippen molar-refractivity contribution in [3.8, 4) is 16.9 Å². The second-order valence-electron chi connectivity index (χ2n) is 8.92. The van der Waals surface area contributed by atoms with Crippen molar-refractivity contribution in [2.45, 2.75) is 53.4 Å². The Hall–Kier alpha value is -2.09. The van der Waals surface area contributed by atoms with Gasteiger partial charge in [-0.3, -0.25) is 0 Å². The maximum atomic E-state index is 14.7. The molecule has 2 aromatic carbocycles. The first-order valence-corrected chi connectivity index (χ1v) is 9.95. The van der Waals surface area contributed by atoms with Crippen LogP contribution in [0.4, 0.5) is 4.39 Å². The molecule has 0 saturated heterocycles. The lowest BCUT2D eigenvalue weighted by Gasteiger charge is -2.29. The van der Waals surface area contributed by atoms with Crippen LogP contribution in [0.15, 0.2) is 42.5 Å². The first-order chi connectivity index (χ1) is 12.8. The molecule has 27 heavy (non-hydrogen) atoms. The third-order valence-corrected chi connectivity index (χ3v) is 5.51. The van der Waals surface area contributed by atoms with Crippen LogP contribution >= 0.6 is 0 Å². The van der Waals surface area contributed by atoms with E-state index in [1.165, 1.54) is 22.8 Å². The summed E-state index contributed by atoms with van der Waals surface area (Å²) in [4.78, 5) is 0. The monoisotopic (exact) mass is 366 g/mol. The summed E-state index contributed by atoms with van der Waals surface area (Å²) in [6.45, 7) is 9.10. The molecule has 1 aliphatic rings. The number of hydrogen-bond donors (Lipinski definition) is 0. The third-order valence-electron chi connectivity index (χ3n) is 5.51. The Balaban J connectivity index is 2.12. The van der Waals surface area contributed by atoms with Gasteiger partial charge in [-0.2, -0.15) is 0 Å². The van der Waals surface area contributed by atoms with E-state index in [0.29, 0.717) is 22.6 Å². The lowest BCUT2D eigenvalue weighted by atomic mass is 9.76. The summed E-state index contributed by atoms with van der Waals surface area (Å²) in [6, 6.07) is 11.5. The van der Waals surface area contributed by atoms with E-state index in [1.54, 1.807) is 13.2 Å².